The molecule has 0 aliphatic heterocycles. The predicted molar refractivity (Wildman–Crippen MR) is 103 cm³/mol. The van der Waals surface area contributed by atoms with Crippen molar-refractivity contribution in [2.45, 2.75) is 13.8 Å². The van der Waals surface area contributed by atoms with Crippen molar-refractivity contribution in [1.82, 2.24) is 5.32 Å². The van der Waals surface area contributed by atoms with Crippen molar-refractivity contribution in [2.75, 3.05) is 30.3 Å². The lowest BCUT2D eigenvalue weighted by atomic mass is 10.1. The minimum Gasteiger partial charge on any atom is -0.492 e. The molecule has 0 atom stereocenters. The third kappa shape index (κ3) is 5.77. The number of anilines is 1. The molecular formula is C19H24N2O4S. The van der Waals surface area contributed by atoms with Crippen LogP contribution in [0.4, 0.5) is 5.69 Å². The smallest absolute Gasteiger partial charge is 0.240 e. The van der Waals surface area contributed by atoms with E-state index < -0.39 is 10.0 Å². The minimum absolute atomic E-state index is 0.271. The quantitative estimate of drug-likeness (QED) is 0.717. The van der Waals surface area contributed by atoms with E-state index in [1.165, 1.54) is 5.56 Å². The topological polar surface area (TPSA) is 75.7 Å². The van der Waals surface area contributed by atoms with Crippen molar-refractivity contribution in [2.24, 2.45) is 0 Å². The van der Waals surface area contributed by atoms with Crippen molar-refractivity contribution in [3.05, 3.63) is 59.7 Å². The molecule has 0 aromatic heterocycles. The Bertz CT molecular complexity index is 851. The largest absolute Gasteiger partial charge is 0.492 e. The molecule has 6 nitrogen and oxygen atoms in total. The van der Waals surface area contributed by atoms with Gasteiger partial charge in [0.15, 0.2) is 0 Å². The summed E-state index contributed by atoms with van der Waals surface area (Å²) in [5, 5.41) is 2.68. The van der Waals surface area contributed by atoms with E-state index in [9.17, 15) is 13.2 Å². The van der Waals surface area contributed by atoms with Crippen LogP contribution in [-0.4, -0.2) is 40.3 Å². The van der Waals surface area contributed by atoms with Gasteiger partial charge in [0.05, 0.1) is 18.5 Å². The van der Waals surface area contributed by atoms with Gasteiger partial charge in [0.1, 0.15) is 18.9 Å². The van der Waals surface area contributed by atoms with Gasteiger partial charge < -0.3 is 10.1 Å². The van der Waals surface area contributed by atoms with Gasteiger partial charge in [-0.25, -0.2) is 8.42 Å². The van der Waals surface area contributed by atoms with Crippen molar-refractivity contribution in [3.63, 3.8) is 0 Å². The average Bonchev–Trinajstić information content (AvgIpc) is 2.59. The number of sulfonamides is 1. The van der Waals surface area contributed by atoms with Gasteiger partial charge >= 0.3 is 0 Å². The Balaban J connectivity index is 1.86. The molecular weight excluding hydrogens is 352 g/mol. The zero-order valence-corrected chi connectivity index (χ0v) is 16.0. The number of rotatable bonds is 8. The number of hydrogen-bond acceptors (Lipinski definition) is 4. The van der Waals surface area contributed by atoms with Gasteiger partial charge in [0, 0.05) is 0 Å². The van der Waals surface area contributed by atoms with Gasteiger partial charge in [-0.15, -0.1) is 0 Å². The molecule has 2 aromatic rings. The highest BCUT2D eigenvalue weighted by molar-refractivity contribution is 7.92. The molecule has 1 N–H and O–H groups in total. The summed E-state index contributed by atoms with van der Waals surface area (Å²) in [4.78, 5) is 12.1. The summed E-state index contributed by atoms with van der Waals surface area (Å²) in [5.41, 5.74) is 2.78. The van der Waals surface area contributed by atoms with E-state index >= 15 is 0 Å². The van der Waals surface area contributed by atoms with Crippen molar-refractivity contribution < 1.29 is 17.9 Å². The summed E-state index contributed by atoms with van der Waals surface area (Å²) in [6.07, 6.45) is 1.08. The Morgan fingerprint density at radius 2 is 1.77 bits per heavy atom. The van der Waals surface area contributed by atoms with Crippen LogP contribution < -0.4 is 14.4 Å². The molecule has 0 saturated carbocycles. The molecule has 0 heterocycles. The molecule has 0 spiro atoms. The number of hydrogen-bond donors (Lipinski definition) is 1. The number of nitrogens with zero attached hydrogens (tertiary/aromatic N) is 1. The lowest BCUT2D eigenvalue weighted by Gasteiger charge is -2.21. The number of para-hydroxylation sites is 1. The van der Waals surface area contributed by atoms with Gasteiger partial charge in [-0.1, -0.05) is 24.3 Å². The van der Waals surface area contributed by atoms with Crippen LogP contribution in [-0.2, 0) is 14.8 Å². The number of aryl methyl sites for hydroxylation is 2. The van der Waals surface area contributed by atoms with Gasteiger partial charge in [-0.3, -0.25) is 9.10 Å². The van der Waals surface area contributed by atoms with Crippen LogP contribution in [0.15, 0.2) is 48.5 Å². The van der Waals surface area contributed by atoms with Gasteiger partial charge in [0.2, 0.25) is 15.9 Å². The average molecular weight is 376 g/mol. The SMILES string of the molecule is Cc1ccc(OCCNC(=O)CN(c2ccccc2)S(C)(=O)=O)cc1C. The van der Waals surface area contributed by atoms with Crippen LogP contribution >= 0.6 is 0 Å². The Morgan fingerprint density at radius 1 is 1.08 bits per heavy atom. The summed E-state index contributed by atoms with van der Waals surface area (Å²) in [7, 11) is -3.55. The Kier molecular flexibility index (Phi) is 6.63. The van der Waals surface area contributed by atoms with Gasteiger partial charge in [-0.2, -0.15) is 0 Å². The Hall–Kier alpha value is -2.54. The molecule has 2 aromatic carbocycles. The van der Waals surface area contributed by atoms with Crippen LogP contribution in [0.1, 0.15) is 11.1 Å². The lowest BCUT2D eigenvalue weighted by molar-refractivity contribution is -0.119. The second-order valence-corrected chi connectivity index (χ2v) is 7.96. The fraction of sp³-hybridized carbons (Fsp3) is 0.316. The maximum atomic E-state index is 12.1. The van der Waals surface area contributed by atoms with Crippen LogP contribution in [0, 0.1) is 13.8 Å². The maximum Gasteiger partial charge on any atom is 0.240 e. The first-order valence-electron chi connectivity index (χ1n) is 8.27. The second kappa shape index (κ2) is 8.71. The van der Waals surface area contributed by atoms with E-state index in [2.05, 4.69) is 5.32 Å². The highest BCUT2D eigenvalue weighted by Gasteiger charge is 2.20. The molecule has 2 rings (SSSR count). The number of ether oxygens (including phenoxy) is 1. The second-order valence-electron chi connectivity index (χ2n) is 6.05. The van der Waals surface area contributed by atoms with Crippen LogP contribution in [0.3, 0.4) is 0 Å². The fourth-order valence-electron chi connectivity index (χ4n) is 2.34. The van der Waals surface area contributed by atoms with Crippen molar-refractivity contribution in [1.29, 1.82) is 0 Å². The van der Waals surface area contributed by atoms with E-state index in [0.29, 0.717) is 12.3 Å². The molecule has 0 bridgehead atoms. The number of amides is 1. The van der Waals surface area contributed by atoms with Crippen molar-refractivity contribution >= 4 is 21.6 Å². The summed E-state index contributed by atoms with van der Waals surface area (Å²) in [5.74, 6) is 0.354. The first-order chi connectivity index (χ1) is 12.3. The van der Waals surface area contributed by atoms with Crippen LogP contribution in [0.25, 0.3) is 0 Å². The molecule has 7 heteroatoms. The molecule has 1 amide bonds. The number of benzene rings is 2. The predicted octanol–water partition coefficient (Wildman–Crippen LogP) is 2.26. The van der Waals surface area contributed by atoms with Crippen LogP contribution in [0.2, 0.25) is 0 Å². The summed E-state index contributed by atoms with van der Waals surface area (Å²) >= 11 is 0. The monoisotopic (exact) mass is 376 g/mol. The zero-order valence-electron chi connectivity index (χ0n) is 15.2. The summed E-state index contributed by atoms with van der Waals surface area (Å²) < 4.78 is 30.6. The maximum absolute atomic E-state index is 12.1. The standard InChI is InChI=1S/C19H24N2O4S/c1-15-9-10-18(13-16(15)2)25-12-11-20-19(22)14-21(26(3,23)24)17-7-5-4-6-8-17/h4-10,13H,11-12,14H2,1-3H3,(H,20,22). The number of nitrogens with one attached hydrogen (secondary N) is 1. The van der Waals surface area contributed by atoms with E-state index in [1.807, 2.05) is 32.0 Å². The molecule has 0 aliphatic carbocycles. The highest BCUT2D eigenvalue weighted by atomic mass is 32.2. The Morgan fingerprint density at radius 3 is 2.38 bits per heavy atom. The molecule has 0 aliphatic rings. The third-order valence-electron chi connectivity index (χ3n) is 3.90. The zero-order chi connectivity index (χ0) is 19.2. The van der Waals surface area contributed by atoms with Crippen LogP contribution in [0.5, 0.6) is 5.75 Å². The number of carbonyl (C=O) groups is 1. The highest BCUT2D eigenvalue weighted by Crippen LogP contribution is 2.17. The minimum atomic E-state index is -3.55. The van der Waals surface area contributed by atoms with Gasteiger partial charge in [-0.05, 0) is 49.2 Å². The first-order valence-corrected chi connectivity index (χ1v) is 10.1. The normalized spacial score (nSPS) is 11.0. The Labute approximate surface area is 154 Å². The molecule has 26 heavy (non-hydrogen) atoms. The summed E-state index contributed by atoms with van der Waals surface area (Å²) in [6, 6.07) is 14.3. The third-order valence-corrected chi connectivity index (χ3v) is 5.04. The van der Waals surface area contributed by atoms with E-state index in [1.54, 1.807) is 30.3 Å². The van der Waals surface area contributed by atoms with E-state index in [-0.39, 0.29) is 19.0 Å². The molecule has 0 radical (unpaired) electrons. The molecule has 140 valence electrons. The van der Waals surface area contributed by atoms with Crippen molar-refractivity contribution in [3.8, 4) is 5.75 Å². The lowest BCUT2D eigenvalue weighted by Crippen LogP contribution is -2.41. The van der Waals surface area contributed by atoms with Gasteiger partial charge in [0.25, 0.3) is 0 Å². The van der Waals surface area contributed by atoms with E-state index in [0.717, 1.165) is 21.9 Å². The van der Waals surface area contributed by atoms with E-state index in [4.69, 9.17) is 4.74 Å². The number of carbonyl (C=O) groups excluding carboxylic acids is 1. The fourth-order valence-corrected chi connectivity index (χ4v) is 3.20. The molecule has 0 unspecified atom stereocenters. The summed E-state index contributed by atoms with van der Waals surface area (Å²) in [6.45, 7) is 4.36. The molecule has 0 saturated heterocycles. The first kappa shape index (κ1) is 19.8. The molecule has 0 fully saturated rings.